The molecule has 0 radical (unpaired) electrons. The molecule has 0 aliphatic heterocycles. The van der Waals surface area contributed by atoms with Gasteiger partial charge in [0.15, 0.2) is 0 Å². The zero-order valence-corrected chi connectivity index (χ0v) is 38.2. The molecule has 0 heterocycles. The van der Waals surface area contributed by atoms with E-state index in [0.29, 0.717) is 19.3 Å². The Morgan fingerprint density at radius 3 is 1.41 bits per heavy atom. The van der Waals surface area contributed by atoms with Crippen LogP contribution in [0.4, 0.5) is 0 Å². The summed E-state index contributed by atoms with van der Waals surface area (Å²) in [6.45, 7) is 6.25. The van der Waals surface area contributed by atoms with E-state index in [1.165, 1.54) is 77.0 Å². The number of unbranched alkanes of at least 4 members (excludes halogenated alkanes) is 21. The molecule has 0 aromatic rings. The molecule has 0 rings (SSSR count). The van der Waals surface area contributed by atoms with Crippen LogP contribution in [-0.2, 0) is 14.3 Å². The highest BCUT2D eigenvalue weighted by Crippen LogP contribution is 2.17. The molecule has 0 bridgehead atoms. The molecule has 0 aromatic heterocycles. The SMILES string of the molecule is CC/C=C/C/C=C/C/C=C/CCCCCCC(CC(=O)NC(CO)C(O)CCCCCCCCCCCCC)OC(=O)CCCCCCCCC/C=C/C/C=C/CC. The summed E-state index contributed by atoms with van der Waals surface area (Å²) >= 11 is 0. The predicted octanol–water partition coefficient (Wildman–Crippen LogP) is 14.5. The highest BCUT2D eigenvalue weighted by molar-refractivity contribution is 5.77. The van der Waals surface area contributed by atoms with Gasteiger partial charge < -0.3 is 20.3 Å². The van der Waals surface area contributed by atoms with E-state index in [-0.39, 0.29) is 24.9 Å². The highest BCUT2D eigenvalue weighted by Gasteiger charge is 2.24. The van der Waals surface area contributed by atoms with E-state index in [0.717, 1.165) is 109 Å². The topological polar surface area (TPSA) is 95.9 Å². The molecule has 3 atom stereocenters. The second-order valence-corrected chi connectivity index (χ2v) is 16.4. The Hall–Kier alpha value is -2.44. The predicted molar refractivity (Wildman–Crippen MR) is 250 cm³/mol. The van der Waals surface area contributed by atoms with Crippen LogP contribution in [0.2, 0.25) is 0 Å². The zero-order chi connectivity index (χ0) is 42.4. The summed E-state index contributed by atoms with van der Waals surface area (Å²) in [4.78, 5) is 26.1. The first kappa shape index (κ1) is 55.6. The Bertz CT molecular complexity index is 1050. The van der Waals surface area contributed by atoms with Gasteiger partial charge in [0.05, 0.1) is 25.2 Å². The van der Waals surface area contributed by atoms with E-state index in [1.54, 1.807) is 0 Å². The molecule has 0 saturated carbocycles. The quantitative estimate of drug-likeness (QED) is 0.0324. The summed E-state index contributed by atoms with van der Waals surface area (Å²) in [5.74, 6) is -0.506. The van der Waals surface area contributed by atoms with E-state index in [1.807, 2.05) is 0 Å². The van der Waals surface area contributed by atoms with Gasteiger partial charge in [-0.2, -0.15) is 0 Å². The number of amides is 1. The third-order valence-electron chi connectivity index (χ3n) is 10.8. The van der Waals surface area contributed by atoms with E-state index in [2.05, 4.69) is 86.8 Å². The molecule has 3 N–H and O–H groups in total. The Balaban J connectivity index is 4.64. The largest absolute Gasteiger partial charge is 0.462 e. The minimum atomic E-state index is -0.795. The second-order valence-electron chi connectivity index (χ2n) is 16.4. The third-order valence-corrected chi connectivity index (χ3v) is 10.8. The van der Waals surface area contributed by atoms with E-state index in [9.17, 15) is 19.8 Å². The first-order valence-electron chi connectivity index (χ1n) is 24.5. The van der Waals surface area contributed by atoms with Crippen molar-refractivity contribution in [1.82, 2.24) is 5.32 Å². The molecule has 6 heteroatoms. The Morgan fingerprint density at radius 1 is 0.517 bits per heavy atom. The van der Waals surface area contributed by atoms with Gasteiger partial charge in [-0.25, -0.2) is 0 Å². The van der Waals surface area contributed by atoms with Crippen LogP contribution >= 0.6 is 0 Å². The van der Waals surface area contributed by atoms with Crippen LogP contribution in [0, 0.1) is 0 Å². The fourth-order valence-electron chi connectivity index (χ4n) is 7.19. The molecule has 0 fully saturated rings. The molecule has 58 heavy (non-hydrogen) atoms. The highest BCUT2D eigenvalue weighted by atomic mass is 16.5. The molecule has 0 aliphatic rings. The average molecular weight is 812 g/mol. The number of rotatable bonds is 43. The van der Waals surface area contributed by atoms with Gasteiger partial charge in [0.25, 0.3) is 0 Å². The molecule has 0 spiro atoms. The normalized spacial score (nSPS) is 13.8. The lowest BCUT2D eigenvalue weighted by molar-refractivity contribution is -0.151. The van der Waals surface area contributed by atoms with Crippen molar-refractivity contribution in [2.45, 2.75) is 251 Å². The van der Waals surface area contributed by atoms with Gasteiger partial charge in [0.1, 0.15) is 6.10 Å². The molecule has 336 valence electrons. The number of aliphatic hydroxyl groups excluding tert-OH is 2. The number of nitrogens with one attached hydrogen (secondary N) is 1. The molecule has 0 aromatic carbocycles. The molecule has 0 aliphatic carbocycles. The van der Waals surface area contributed by atoms with Crippen LogP contribution in [0.15, 0.2) is 60.8 Å². The number of carbonyl (C=O) groups is 2. The van der Waals surface area contributed by atoms with E-state index in [4.69, 9.17) is 4.74 Å². The summed E-state index contributed by atoms with van der Waals surface area (Å²) in [6.07, 6.45) is 55.6. The average Bonchev–Trinajstić information content (AvgIpc) is 3.22. The summed E-state index contributed by atoms with van der Waals surface area (Å²) in [6, 6.07) is -0.710. The summed E-state index contributed by atoms with van der Waals surface area (Å²) < 4.78 is 5.91. The van der Waals surface area contributed by atoms with Gasteiger partial charge in [-0.05, 0) is 83.5 Å². The van der Waals surface area contributed by atoms with Crippen molar-refractivity contribution in [3.63, 3.8) is 0 Å². The first-order chi connectivity index (χ1) is 28.5. The molecule has 6 nitrogen and oxygen atoms in total. The smallest absolute Gasteiger partial charge is 0.306 e. The van der Waals surface area contributed by atoms with E-state index < -0.39 is 18.2 Å². The van der Waals surface area contributed by atoms with Crippen LogP contribution in [-0.4, -0.2) is 46.9 Å². The molecule has 0 saturated heterocycles. The van der Waals surface area contributed by atoms with Gasteiger partial charge in [-0.15, -0.1) is 0 Å². The second kappa shape index (κ2) is 45.6. The number of hydrogen-bond acceptors (Lipinski definition) is 5. The van der Waals surface area contributed by atoms with Crippen molar-refractivity contribution < 1.29 is 24.5 Å². The monoisotopic (exact) mass is 812 g/mol. The van der Waals surface area contributed by atoms with Crippen molar-refractivity contribution in [3.05, 3.63) is 60.8 Å². The summed E-state index contributed by atoms with van der Waals surface area (Å²) in [7, 11) is 0. The van der Waals surface area contributed by atoms with Crippen molar-refractivity contribution in [2.75, 3.05) is 6.61 Å². The lowest BCUT2D eigenvalue weighted by Gasteiger charge is -2.24. The molecular weight excluding hydrogens is 719 g/mol. The minimum absolute atomic E-state index is 0.0581. The standard InChI is InChI=1S/C52H93NO5/c1-4-7-10-13-16-19-22-24-26-29-31-34-37-40-43-48(58-52(57)45-42-39-36-33-30-27-25-23-20-17-14-11-8-5-2)46-51(56)53-49(47-54)50(55)44-41-38-35-32-28-21-18-15-12-9-6-3/h7-8,10-11,16-17,19-20,24,26,48-50,54-55H,4-6,9,12-15,18,21-23,25,27-47H2,1-3H3,(H,53,56)/b10-7+,11-8+,19-16+,20-17+,26-24+. The zero-order valence-electron chi connectivity index (χ0n) is 38.2. The van der Waals surface area contributed by atoms with Crippen molar-refractivity contribution in [1.29, 1.82) is 0 Å². The minimum Gasteiger partial charge on any atom is -0.462 e. The van der Waals surface area contributed by atoms with Crippen LogP contribution < -0.4 is 5.32 Å². The summed E-state index contributed by atoms with van der Waals surface area (Å²) in [5, 5.41) is 23.7. The van der Waals surface area contributed by atoms with Crippen LogP contribution in [0.1, 0.15) is 233 Å². The number of aliphatic hydroxyl groups is 2. The molecule has 3 unspecified atom stereocenters. The van der Waals surface area contributed by atoms with Crippen molar-refractivity contribution in [2.24, 2.45) is 0 Å². The van der Waals surface area contributed by atoms with E-state index >= 15 is 0 Å². The number of esters is 1. The number of carbonyl (C=O) groups excluding carboxylic acids is 2. The Morgan fingerprint density at radius 2 is 0.931 bits per heavy atom. The number of hydrogen-bond donors (Lipinski definition) is 3. The first-order valence-corrected chi connectivity index (χ1v) is 24.5. The maximum atomic E-state index is 13.2. The lowest BCUT2D eigenvalue weighted by Crippen LogP contribution is -2.46. The van der Waals surface area contributed by atoms with Gasteiger partial charge in [0, 0.05) is 6.42 Å². The summed E-state index contributed by atoms with van der Waals surface area (Å²) in [5.41, 5.74) is 0. The Labute approximate surface area is 358 Å². The maximum Gasteiger partial charge on any atom is 0.306 e. The van der Waals surface area contributed by atoms with Crippen molar-refractivity contribution >= 4 is 11.9 Å². The molecular formula is C52H93NO5. The maximum absolute atomic E-state index is 13.2. The lowest BCUT2D eigenvalue weighted by atomic mass is 10.0. The van der Waals surface area contributed by atoms with Crippen LogP contribution in [0.5, 0.6) is 0 Å². The fourth-order valence-corrected chi connectivity index (χ4v) is 7.19. The Kier molecular flexibility index (Phi) is 43.7. The van der Waals surface area contributed by atoms with Gasteiger partial charge in [0.2, 0.25) is 5.91 Å². The van der Waals surface area contributed by atoms with Gasteiger partial charge in [-0.3, -0.25) is 9.59 Å². The number of allylic oxidation sites excluding steroid dienone is 10. The van der Waals surface area contributed by atoms with Crippen LogP contribution in [0.25, 0.3) is 0 Å². The van der Waals surface area contributed by atoms with Crippen LogP contribution in [0.3, 0.4) is 0 Å². The molecule has 1 amide bonds. The fraction of sp³-hybridized carbons (Fsp3) is 0.769. The third kappa shape index (κ3) is 40.3. The van der Waals surface area contributed by atoms with Crippen molar-refractivity contribution in [3.8, 4) is 0 Å². The van der Waals surface area contributed by atoms with Gasteiger partial charge >= 0.3 is 5.97 Å². The van der Waals surface area contributed by atoms with Gasteiger partial charge in [-0.1, -0.05) is 197 Å². The number of ether oxygens (including phenoxy) is 1.